The third-order valence-electron chi connectivity index (χ3n) is 2.83. The number of hydrogen-bond acceptors (Lipinski definition) is 5. The predicted molar refractivity (Wildman–Crippen MR) is 78.5 cm³/mol. The molecular weight excluding hydrogens is 296 g/mol. The molecule has 21 heavy (non-hydrogen) atoms. The number of anilines is 1. The van der Waals surface area contributed by atoms with Crippen LogP contribution in [-0.2, 0) is 0 Å². The lowest BCUT2D eigenvalue weighted by atomic mass is 10.2. The highest BCUT2D eigenvalue weighted by Gasteiger charge is 2.19. The number of nitrogens with one attached hydrogen (secondary N) is 1. The van der Waals surface area contributed by atoms with E-state index in [4.69, 9.17) is 25.5 Å². The van der Waals surface area contributed by atoms with E-state index in [0.717, 1.165) is 0 Å². The lowest BCUT2D eigenvalue weighted by Gasteiger charge is -2.12. The summed E-state index contributed by atoms with van der Waals surface area (Å²) in [4.78, 5) is 16.3. The fourth-order valence-corrected chi connectivity index (χ4v) is 2.11. The number of carbonyl (C=O) groups excluding carboxylic acids is 1. The largest absolute Gasteiger partial charge is 0.495 e. The number of rotatable bonds is 4. The molecule has 0 saturated carbocycles. The van der Waals surface area contributed by atoms with Crippen molar-refractivity contribution in [3.05, 3.63) is 34.5 Å². The van der Waals surface area contributed by atoms with Gasteiger partial charge in [-0.1, -0.05) is 11.6 Å². The molecule has 112 valence electrons. The Labute approximate surface area is 127 Å². The van der Waals surface area contributed by atoms with Gasteiger partial charge >= 0.3 is 0 Å². The third kappa shape index (κ3) is 3.11. The van der Waals surface area contributed by atoms with Gasteiger partial charge in [-0.3, -0.25) is 4.79 Å². The van der Waals surface area contributed by atoms with Crippen LogP contribution in [0.15, 0.2) is 16.5 Å². The zero-order chi connectivity index (χ0) is 15.6. The van der Waals surface area contributed by atoms with Crippen molar-refractivity contribution in [2.75, 3.05) is 19.5 Å². The van der Waals surface area contributed by atoms with Crippen LogP contribution >= 0.6 is 11.6 Å². The molecule has 1 aromatic heterocycles. The fourth-order valence-electron chi connectivity index (χ4n) is 1.88. The zero-order valence-corrected chi connectivity index (χ0v) is 12.9. The molecule has 1 heterocycles. The van der Waals surface area contributed by atoms with Gasteiger partial charge in [0.05, 0.1) is 30.6 Å². The zero-order valence-electron chi connectivity index (χ0n) is 12.1. The van der Waals surface area contributed by atoms with Crippen LogP contribution in [0.2, 0.25) is 5.02 Å². The maximum atomic E-state index is 12.2. The highest BCUT2D eigenvalue weighted by atomic mass is 35.5. The molecule has 0 fully saturated rings. The lowest BCUT2D eigenvalue weighted by molar-refractivity contribution is 0.0994. The Kier molecular flexibility index (Phi) is 4.37. The summed E-state index contributed by atoms with van der Waals surface area (Å²) in [6.45, 7) is 3.38. The van der Waals surface area contributed by atoms with Crippen molar-refractivity contribution in [2.45, 2.75) is 13.8 Å². The first-order valence-electron chi connectivity index (χ1n) is 6.13. The number of aromatic nitrogens is 1. The maximum Gasteiger partial charge on any atom is 0.293 e. The number of carbonyl (C=O) groups is 1. The van der Waals surface area contributed by atoms with E-state index in [1.807, 2.05) is 0 Å². The second-order valence-corrected chi connectivity index (χ2v) is 4.70. The number of methoxy groups -OCH3 is 2. The molecule has 0 bridgehead atoms. The van der Waals surface area contributed by atoms with E-state index in [-0.39, 0.29) is 5.76 Å². The maximum absolute atomic E-state index is 12.2. The number of ether oxygens (including phenoxy) is 2. The minimum atomic E-state index is -0.421. The molecule has 0 spiro atoms. The molecule has 2 rings (SSSR count). The Morgan fingerprint density at radius 3 is 2.43 bits per heavy atom. The summed E-state index contributed by atoms with van der Waals surface area (Å²) in [5, 5.41) is 3.09. The molecule has 0 atom stereocenters. The average Bonchev–Trinajstić information content (AvgIpc) is 2.79. The molecule has 0 radical (unpaired) electrons. The summed E-state index contributed by atoms with van der Waals surface area (Å²) in [6, 6.07) is 3.14. The van der Waals surface area contributed by atoms with Gasteiger partial charge in [-0.15, -0.1) is 0 Å². The third-order valence-corrected chi connectivity index (χ3v) is 3.13. The molecule has 0 aliphatic heterocycles. The fraction of sp³-hybridized carbons (Fsp3) is 0.286. The van der Waals surface area contributed by atoms with Crippen LogP contribution in [-0.4, -0.2) is 25.1 Å². The van der Waals surface area contributed by atoms with Gasteiger partial charge in [0.2, 0.25) is 5.76 Å². The molecule has 0 unspecified atom stereocenters. The van der Waals surface area contributed by atoms with Crippen LogP contribution in [0.1, 0.15) is 22.1 Å². The Balaban J connectivity index is 2.34. The van der Waals surface area contributed by atoms with Gasteiger partial charge in [0.15, 0.2) is 5.89 Å². The molecular formula is C14H15ClN2O4. The summed E-state index contributed by atoms with van der Waals surface area (Å²) in [6.07, 6.45) is 0. The summed E-state index contributed by atoms with van der Waals surface area (Å²) in [5.74, 6) is 1.01. The van der Waals surface area contributed by atoms with Gasteiger partial charge in [-0.05, 0) is 6.92 Å². The van der Waals surface area contributed by atoms with Gasteiger partial charge in [0.1, 0.15) is 11.5 Å². The molecule has 0 saturated heterocycles. The van der Waals surface area contributed by atoms with Gasteiger partial charge in [-0.25, -0.2) is 4.98 Å². The molecule has 0 aliphatic rings. The average molecular weight is 311 g/mol. The van der Waals surface area contributed by atoms with Crippen molar-refractivity contribution in [2.24, 2.45) is 0 Å². The number of halogens is 1. The summed E-state index contributed by atoms with van der Waals surface area (Å²) in [5.41, 5.74) is 0.946. The Hall–Kier alpha value is -2.21. The summed E-state index contributed by atoms with van der Waals surface area (Å²) >= 11 is 6.02. The van der Waals surface area contributed by atoms with Gasteiger partial charge in [0.25, 0.3) is 5.91 Å². The lowest BCUT2D eigenvalue weighted by Crippen LogP contribution is -2.13. The van der Waals surface area contributed by atoms with Crippen LogP contribution in [0.25, 0.3) is 0 Å². The molecule has 1 N–H and O–H groups in total. The molecule has 2 aromatic rings. The van der Waals surface area contributed by atoms with Crippen LogP contribution < -0.4 is 14.8 Å². The number of oxazole rings is 1. The van der Waals surface area contributed by atoms with Crippen molar-refractivity contribution in [1.82, 2.24) is 4.98 Å². The topological polar surface area (TPSA) is 73.6 Å². The smallest absolute Gasteiger partial charge is 0.293 e. The first kappa shape index (κ1) is 15.2. The van der Waals surface area contributed by atoms with E-state index in [9.17, 15) is 4.79 Å². The van der Waals surface area contributed by atoms with E-state index in [2.05, 4.69) is 10.3 Å². The van der Waals surface area contributed by atoms with Crippen LogP contribution in [0.5, 0.6) is 11.5 Å². The van der Waals surface area contributed by atoms with Gasteiger partial charge < -0.3 is 19.2 Å². The van der Waals surface area contributed by atoms with Crippen LogP contribution in [0, 0.1) is 13.8 Å². The first-order chi connectivity index (χ1) is 9.96. The number of nitrogens with zero attached hydrogens (tertiary/aromatic N) is 1. The molecule has 1 aromatic carbocycles. The number of amides is 1. The predicted octanol–water partition coefficient (Wildman–Crippen LogP) is 3.21. The minimum absolute atomic E-state index is 0.156. The van der Waals surface area contributed by atoms with Crippen LogP contribution in [0.3, 0.4) is 0 Å². The van der Waals surface area contributed by atoms with Crippen LogP contribution in [0.4, 0.5) is 5.69 Å². The second kappa shape index (κ2) is 6.05. The quantitative estimate of drug-likeness (QED) is 0.938. The monoisotopic (exact) mass is 310 g/mol. The summed E-state index contributed by atoms with van der Waals surface area (Å²) < 4.78 is 15.6. The van der Waals surface area contributed by atoms with Crippen molar-refractivity contribution < 1.29 is 18.7 Å². The number of benzene rings is 1. The Morgan fingerprint density at radius 2 is 1.90 bits per heavy atom. The van der Waals surface area contributed by atoms with Gasteiger partial charge in [0, 0.05) is 19.1 Å². The van der Waals surface area contributed by atoms with E-state index < -0.39 is 5.91 Å². The first-order valence-corrected chi connectivity index (χ1v) is 6.51. The number of aryl methyl sites for hydroxylation is 2. The van der Waals surface area contributed by atoms with Crippen molar-refractivity contribution in [3.8, 4) is 11.5 Å². The standard InChI is InChI=1S/C14H15ClN2O4/c1-7-13(21-8(2)16-7)14(18)17-10-6-11(19-3)9(15)5-12(10)20-4/h5-6H,1-4H3,(H,17,18). The molecule has 7 heteroatoms. The molecule has 6 nitrogen and oxygen atoms in total. The Bertz CT molecular complexity index is 682. The van der Waals surface area contributed by atoms with Crippen molar-refractivity contribution in [3.63, 3.8) is 0 Å². The van der Waals surface area contributed by atoms with Crippen molar-refractivity contribution >= 4 is 23.2 Å². The molecule has 1 amide bonds. The SMILES string of the molecule is COc1cc(NC(=O)c2oc(C)nc2C)c(OC)cc1Cl. The van der Waals surface area contributed by atoms with E-state index >= 15 is 0 Å². The molecule has 0 aliphatic carbocycles. The van der Waals surface area contributed by atoms with E-state index in [1.54, 1.807) is 26.0 Å². The second-order valence-electron chi connectivity index (χ2n) is 4.29. The number of hydrogen-bond donors (Lipinski definition) is 1. The van der Waals surface area contributed by atoms with E-state index in [1.165, 1.54) is 14.2 Å². The normalized spacial score (nSPS) is 10.3. The Morgan fingerprint density at radius 1 is 1.24 bits per heavy atom. The van der Waals surface area contributed by atoms with Crippen molar-refractivity contribution in [1.29, 1.82) is 0 Å². The highest BCUT2D eigenvalue weighted by Crippen LogP contribution is 2.36. The minimum Gasteiger partial charge on any atom is -0.495 e. The van der Waals surface area contributed by atoms with Gasteiger partial charge in [-0.2, -0.15) is 0 Å². The summed E-state index contributed by atoms with van der Waals surface area (Å²) in [7, 11) is 2.97. The highest BCUT2D eigenvalue weighted by molar-refractivity contribution is 6.32. The van der Waals surface area contributed by atoms with E-state index in [0.29, 0.717) is 33.8 Å².